The summed E-state index contributed by atoms with van der Waals surface area (Å²) in [5.74, 6) is -0.258. The van der Waals surface area contributed by atoms with Gasteiger partial charge in [-0.1, -0.05) is 20.3 Å². The fraction of sp³-hybridized carbons (Fsp3) is 0.500. The lowest BCUT2D eigenvalue weighted by Crippen LogP contribution is -2.21. The fourth-order valence-corrected chi connectivity index (χ4v) is 2.04. The molecule has 1 rings (SSSR count). The lowest BCUT2D eigenvalue weighted by molar-refractivity contribution is -0.384. The van der Waals surface area contributed by atoms with Crippen molar-refractivity contribution >= 4 is 17.3 Å². The van der Waals surface area contributed by atoms with Gasteiger partial charge in [-0.05, 0) is 25.0 Å². The van der Waals surface area contributed by atoms with Gasteiger partial charge in [0.05, 0.1) is 4.92 Å². The topological polar surface area (TPSA) is 84.3 Å². The van der Waals surface area contributed by atoms with Crippen molar-refractivity contribution in [1.82, 2.24) is 5.32 Å². The Morgan fingerprint density at radius 1 is 1.40 bits per heavy atom. The van der Waals surface area contributed by atoms with Gasteiger partial charge < -0.3 is 10.6 Å². The summed E-state index contributed by atoms with van der Waals surface area (Å²) in [5, 5.41) is 16.8. The molecule has 0 aliphatic carbocycles. The van der Waals surface area contributed by atoms with Crippen LogP contribution in [-0.4, -0.2) is 23.9 Å². The molecule has 1 amide bonds. The minimum Gasteiger partial charge on any atom is -0.377 e. The Balaban J connectivity index is 3.11. The van der Waals surface area contributed by atoms with Gasteiger partial charge in [0.1, 0.15) is 5.69 Å². The average Bonchev–Trinajstić information content (AvgIpc) is 2.45. The number of nitrogens with one attached hydrogen (secondary N) is 2. The van der Waals surface area contributed by atoms with E-state index in [-0.39, 0.29) is 17.6 Å². The molecule has 0 aliphatic rings. The molecule has 0 bridgehead atoms. The maximum absolute atomic E-state index is 11.6. The Morgan fingerprint density at radius 2 is 2.10 bits per heavy atom. The van der Waals surface area contributed by atoms with Crippen LogP contribution in [0.25, 0.3) is 0 Å². The highest BCUT2D eigenvalue weighted by atomic mass is 16.6. The molecule has 0 heterocycles. The maximum atomic E-state index is 11.6. The van der Waals surface area contributed by atoms with Crippen LogP contribution >= 0.6 is 0 Å². The molecule has 0 saturated heterocycles. The summed E-state index contributed by atoms with van der Waals surface area (Å²) in [6.45, 7) is 4.10. The zero-order valence-electron chi connectivity index (χ0n) is 12.1. The first kappa shape index (κ1) is 15.9. The zero-order valence-corrected chi connectivity index (χ0v) is 12.1. The van der Waals surface area contributed by atoms with E-state index in [1.165, 1.54) is 25.2 Å². The number of hydrogen-bond donors (Lipinski definition) is 2. The highest BCUT2D eigenvalue weighted by molar-refractivity contribution is 5.95. The number of amides is 1. The van der Waals surface area contributed by atoms with Crippen molar-refractivity contribution in [3.05, 3.63) is 33.9 Å². The molecule has 1 aromatic carbocycles. The van der Waals surface area contributed by atoms with E-state index >= 15 is 0 Å². The zero-order chi connectivity index (χ0) is 15.1. The third kappa shape index (κ3) is 3.94. The van der Waals surface area contributed by atoms with Crippen LogP contribution in [-0.2, 0) is 0 Å². The van der Waals surface area contributed by atoms with E-state index in [9.17, 15) is 14.9 Å². The molecule has 0 saturated carbocycles. The molecule has 110 valence electrons. The molecule has 0 spiro atoms. The summed E-state index contributed by atoms with van der Waals surface area (Å²) >= 11 is 0. The van der Waals surface area contributed by atoms with Gasteiger partial charge >= 0.3 is 0 Å². The normalized spacial score (nSPS) is 11.8. The predicted octanol–water partition coefficient (Wildman–Crippen LogP) is 2.95. The number of hydrogen-bond acceptors (Lipinski definition) is 4. The molecular formula is C14H21N3O3. The number of rotatable bonds is 7. The van der Waals surface area contributed by atoms with Gasteiger partial charge in [0.15, 0.2) is 0 Å². The molecule has 6 heteroatoms. The molecule has 2 N–H and O–H groups in total. The molecule has 1 unspecified atom stereocenters. The van der Waals surface area contributed by atoms with Crippen LogP contribution in [0.1, 0.15) is 43.5 Å². The number of carbonyl (C=O) groups excluding carboxylic acids is 1. The summed E-state index contributed by atoms with van der Waals surface area (Å²) < 4.78 is 0. The van der Waals surface area contributed by atoms with Crippen molar-refractivity contribution < 1.29 is 9.72 Å². The lowest BCUT2D eigenvalue weighted by atomic mass is 10.1. The SMILES string of the molecule is CCCC(CC)Nc1cc(C(=O)NC)ccc1[N+](=O)[O-]. The Morgan fingerprint density at radius 3 is 2.60 bits per heavy atom. The van der Waals surface area contributed by atoms with E-state index in [2.05, 4.69) is 17.6 Å². The van der Waals surface area contributed by atoms with Crippen LogP contribution in [0.4, 0.5) is 11.4 Å². The van der Waals surface area contributed by atoms with Gasteiger partial charge in [-0.25, -0.2) is 0 Å². The van der Waals surface area contributed by atoms with E-state index in [0.717, 1.165) is 19.3 Å². The van der Waals surface area contributed by atoms with Gasteiger partial charge in [0.2, 0.25) is 0 Å². The van der Waals surface area contributed by atoms with Crippen molar-refractivity contribution in [3.63, 3.8) is 0 Å². The van der Waals surface area contributed by atoms with Crippen molar-refractivity contribution in [2.24, 2.45) is 0 Å². The van der Waals surface area contributed by atoms with Crippen molar-refractivity contribution in [3.8, 4) is 0 Å². The third-order valence-corrected chi connectivity index (χ3v) is 3.17. The van der Waals surface area contributed by atoms with Gasteiger partial charge in [-0.3, -0.25) is 14.9 Å². The summed E-state index contributed by atoms with van der Waals surface area (Å²) in [4.78, 5) is 22.2. The molecule has 0 radical (unpaired) electrons. The van der Waals surface area contributed by atoms with Crippen LogP contribution in [0.15, 0.2) is 18.2 Å². The monoisotopic (exact) mass is 279 g/mol. The highest BCUT2D eigenvalue weighted by Crippen LogP contribution is 2.27. The van der Waals surface area contributed by atoms with Gasteiger partial charge in [-0.15, -0.1) is 0 Å². The Kier molecular flexibility index (Phi) is 5.96. The number of nitro groups is 1. The van der Waals surface area contributed by atoms with Crippen molar-refractivity contribution in [2.45, 2.75) is 39.2 Å². The first-order valence-corrected chi connectivity index (χ1v) is 6.80. The number of anilines is 1. The van der Waals surface area contributed by atoms with Crippen molar-refractivity contribution in [1.29, 1.82) is 0 Å². The van der Waals surface area contributed by atoms with Gasteiger partial charge in [-0.2, -0.15) is 0 Å². The molecule has 6 nitrogen and oxygen atoms in total. The standard InChI is InChI=1S/C14H21N3O3/c1-4-6-11(5-2)16-12-9-10(14(18)15-3)7-8-13(12)17(19)20/h7-9,11,16H,4-6H2,1-3H3,(H,15,18). The summed E-state index contributed by atoms with van der Waals surface area (Å²) in [6.07, 6.45) is 2.79. The molecule has 20 heavy (non-hydrogen) atoms. The minimum atomic E-state index is -0.436. The van der Waals surface area contributed by atoms with E-state index in [4.69, 9.17) is 0 Å². The molecule has 0 fully saturated rings. The molecule has 0 aromatic heterocycles. The molecule has 1 aromatic rings. The lowest BCUT2D eigenvalue weighted by Gasteiger charge is -2.18. The van der Waals surface area contributed by atoms with Crippen molar-refractivity contribution in [2.75, 3.05) is 12.4 Å². The van der Waals surface area contributed by atoms with E-state index < -0.39 is 4.92 Å². The Labute approximate surface area is 118 Å². The number of carbonyl (C=O) groups is 1. The highest BCUT2D eigenvalue weighted by Gasteiger charge is 2.18. The quantitative estimate of drug-likeness (QED) is 0.593. The van der Waals surface area contributed by atoms with E-state index in [1.54, 1.807) is 0 Å². The first-order valence-electron chi connectivity index (χ1n) is 6.80. The number of nitrogens with zero attached hydrogens (tertiary/aromatic N) is 1. The largest absolute Gasteiger partial charge is 0.377 e. The van der Waals surface area contributed by atoms with Crippen LogP contribution in [0, 0.1) is 10.1 Å². The molecule has 1 atom stereocenters. The summed E-state index contributed by atoms with van der Waals surface area (Å²) in [5.41, 5.74) is 0.801. The molecule has 0 aliphatic heterocycles. The smallest absolute Gasteiger partial charge is 0.292 e. The van der Waals surface area contributed by atoms with E-state index in [0.29, 0.717) is 11.3 Å². The van der Waals surface area contributed by atoms with Crippen LogP contribution in [0.2, 0.25) is 0 Å². The second-order valence-corrected chi connectivity index (χ2v) is 4.61. The van der Waals surface area contributed by atoms with Gasteiger partial charge in [0, 0.05) is 24.7 Å². The van der Waals surface area contributed by atoms with Crippen LogP contribution in [0.3, 0.4) is 0 Å². The van der Waals surface area contributed by atoms with Gasteiger partial charge in [0.25, 0.3) is 11.6 Å². The maximum Gasteiger partial charge on any atom is 0.292 e. The summed E-state index contributed by atoms with van der Waals surface area (Å²) in [7, 11) is 1.53. The third-order valence-electron chi connectivity index (χ3n) is 3.17. The minimum absolute atomic E-state index is 0.00722. The Bertz CT molecular complexity index is 489. The number of benzene rings is 1. The molecular weight excluding hydrogens is 258 g/mol. The van der Waals surface area contributed by atoms with Crippen LogP contribution < -0.4 is 10.6 Å². The Hall–Kier alpha value is -2.11. The average molecular weight is 279 g/mol. The van der Waals surface area contributed by atoms with E-state index in [1.807, 2.05) is 6.92 Å². The summed E-state index contributed by atoms with van der Waals surface area (Å²) in [6, 6.07) is 4.53. The second-order valence-electron chi connectivity index (χ2n) is 4.61. The second kappa shape index (κ2) is 7.47. The fourth-order valence-electron chi connectivity index (χ4n) is 2.04. The predicted molar refractivity (Wildman–Crippen MR) is 79.1 cm³/mol. The first-order chi connectivity index (χ1) is 9.53. The van der Waals surface area contributed by atoms with Crippen LogP contribution in [0.5, 0.6) is 0 Å². The number of nitro benzene ring substituents is 1.